The molecule has 13 heteroatoms. The van der Waals surface area contributed by atoms with Gasteiger partial charge in [0.25, 0.3) is 10.1 Å². The summed E-state index contributed by atoms with van der Waals surface area (Å²) < 4.78 is 87.3. The molecule has 2 aromatic carbocycles. The van der Waals surface area contributed by atoms with E-state index in [0.717, 1.165) is 41.3 Å². The molecule has 0 saturated heterocycles. The Hall–Kier alpha value is -3.49. The number of hydrogen-bond acceptors (Lipinski definition) is 7. The average Bonchev–Trinajstić information content (AvgIpc) is 3.03. The molecule has 50 heavy (non-hydrogen) atoms. The lowest BCUT2D eigenvalue weighted by molar-refractivity contribution is 0.343. The number of rotatable bonds is 12. The molecule has 0 bridgehead atoms. The predicted molar refractivity (Wildman–Crippen MR) is 192 cm³/mol. The van der Waals surface area contributed by atoms with Crippen LogP contribution < -0.4 is 0 Å². The van der Waals surface area contributed by atoms with Crippen LogP contribution in [0.2, 0.25) is 0 Å². The molecular weight excluding hydrogens is 709 g/mol. The zero-order valence-electron chi connectivity index (χ0n) is 26.9. The maximum absolute atomic E-state index is 14.4. The zero-order chi connectivity index (χ0) is 35.7. The smallest absolute Gasteiger partial charge is 0.265 e. The molecule has 2 N–H and O–H groups in total. The van der Waals surface area contributed by atoms with Crippen LogP contribution in [0.15, 0.2) is 83.1 Å². The van der Waals surface area contributed by atoms with Crippen LogP contribution in [0, 0.1) is 23.3 Å². The molecule has 2 heterocycles. The summed E-state index contributed by atoms with van der Waals surface area (Å²) in [5.74, 6) is -3.27. The second kappa shape index (κ2) is 17.6. The van der Waals surface area contributed by atoms with Crippen molar-refractivity contribution in [2.75, 3.05) is 12.4 Å². The topological polar surface area (TPSA) is 100 Å². The van der Waals surface area contributed by atoms with E-state index in [2.05, 4.69) is 9.97 Å². The van der Waals surface area contributed by atoms with Crippen LogP contribution in [0.1, 0.15) is 56.1 Å². The SMILES string of the molecule is O=S(=O)(O)CC/C=C/c1c(F)cc(-c2cccnc2SC2CCC2)cc1F.OC/C=C/c1c(F)cc(-c2cccnc2SC2CCC2)cc1F. The van der Waals surface area contributed by atoms with Gasteiger partial charge in [-0.05, 0) is 79.6 Å². The lowest BCUT2D eigenvalue weighted by Gasteiger charge is -2.25. The molecule has 6 nitrogen and oxygen atoms in total. The van der Waals surface area contributed by atoms with Crippen LogP contribution >= 0.6 is 23.5 Å². The molecule has 0 amide bonds. The number of aliphatic hydroxyl groups is 1. The number of allylic oxidation sites excluding steroid dienone is 1. The number of pyridine rings is 2. The van der Waals surface area contributed by atoms with Gasteiger partial charge in [0.15, 0.2) is 0 Å². The monoisotopic (exact) mass is 744 g/mol. The number of benzene rings is 2. The van der Waals surface area contributed by atoms with Crippen LogP contribution in [-0.2, 0) is 10.1 Å². The summed E-state index contributed by atoms with van der Waals surface area (Å²) in [5, 5.41) is 11.4. The molecular formula is C37H36F4N2O4S3. The van der Waals surface area contributed by atoms with Gasteiger partial charge < -0.3 is 5.11 Å². The van der Waals surface area contributed by atoms with E-state index in [1.165, 1.54) is 61.4 Å². The number of nitrogens with zero attached hydrogens (tertiary/aromatic N) is 2. The highest BCUT2D eigenvalue weighted by atomic mass is 32.2. The van der Waals surface area contributed by atoms with Crippen molar-refractivity contribution in [2.24, 2.45) is 0 Å². The third-order valence-electron chi connectivity index (χ3n) is 8.20. The number of halogens is 4. The van der Waals surface area contributed by atoms with Crippen molar-refractivity contribution in [3.05, 3.63) is 107 Å². The first kappa shape index (κ1) is 37.8. The first-order chi connectivity index (χ1) is 24.0. The van der Waals surface area contributed by atoms with E-state index in [1.54, 1.807) is 54.1 Å². The van der Waals surface area contributed by atoms with E-state index in [4.69, 9.17) is 9.66 Å². The summed E-state index contributed by atoms with van der Waals surface area (Å²) in [6.45, 7) is -0.259. The van der Waals surface area contributed by atoms with Gasteiger partial charge in [0, 0.05) is 45.1 Å². The van der Waals surface area contributed by atoms with Gasteiger partial charge >= 0.3 is 0 Å². The maximum atomic E-state index is 14.4. The molecule has 0 radical (unpaired) electrons. The number of aliphatic hydroxyl groups excluding tert-OH is 1. The highest BCUT2D eigenvalue weighted by Gasteiger charge is 2.23. The first-order valence-electron chi connectivity index (χ1n) is 16.1. The van der Waals surface area contributed by atoms with Crippen molar-refractivity contribution < 1.29 is 35.6 Å². The van der Waals surface area contributed by atoms with Crippen LogP contribution in [-0.4, -0.2) is 50.9 Å². The number of thioether (sulfide) groups is 2. The molecule has 2 aliphatic carbocycles. The standard InChI is InChI=1S/C19H19F2NO3S2.C18H17F2NOS/c20-17-11-13(12-18(21)16(17)7-1-2-10-27(23,24)25)15-8-4-9-22-19(15)26-14-5-3-6-14;19-16-10-12(11-17(20)15(16)7-3-9-22)14-6-2-8-21-18(14)23-13-4-1-5-13/h1,4,7-9,11-12,14H,2-3,5-6,10H2,(H,23,24,25);2-3,6-8,10-11,13,22H,1,4-5,9H2/b7-1+;7-3+. The largest absolute Gasteiger partial charge is 0.392 e. The van der Waals surface area contributed by atoms with E-state index in [1.807, 2.05) is 6.07 Å². The van der Waals surface area contributed by atoms with E-state index in [0.29, 0.717) is 27.2 Å². The fraction of sp³-hybridized carbons (Fsp3) is 0.297. The Morgan fingerprint density at radius 2 is 1.14 bits per heavy atom. The summed E-state index contributed by atoms with van der Waals surface area (Å²) in [7, 11) is -4.10. The van der Waals surface area contributed by atoms with Crippen molar-refractivity contribution in [2.45, 2.75) is 65.5 Å². The summed E-state index contributed by atoms with van der Waals surface area (Å²) in [5.41, 5.74) is 1.95. The molecule has 2 fully saturated rings. The van der Waals surface area contributed by atoms with Gasteiger partial charge in [-0.2, -0.15) is 8.42 Å². The molecule has 2 aliphatic rings. The van der Waals surface area contributed by atoms with Gasteiger partial charge in [-0.1, -0.05) is 49.3 Å². The molecule has 264 valence electrons. The minimum Gasteiger partial charge on any atom is -0.392 e. The van der Waals surface area contributed by atoms with Crippen LogP contribution in [0.4, 0.5) is 17.6 Å². The van der Waals surface area contributed by atoms with Gasteiger partial charge in [-0.3, -0.25) is 4.55 Å². The van der Waals surface area contributed by atoms with Crippen molar-refractivity contribution in [3.8, 4) is 22.3 Å². The third-order valence-corrected chi connectivity index (χ3v) is 11.7. The van der Waals surface area contributed by atoms with E-state index >= 15 is 0 Å². The zero-order valence-corrected chi connectivity index (χ0v) is 29.4. The Morgan fingerprint density at radius 3 is 1.50 bits per heavy atom. The highest BCUT2D eigenvalue weighted by Crippen LogP contribution is 2.41. The van der Waals surface area contributed by atoms with E-state index < -0.39 is 39.1 Å². The number of hydrogen-bond donors (Lipinski definition) is 2. The maximum Gasteiger partial charge on any atom is 0.265 e. The normalized spacial score (nSPS) is 15.2. The van der Waals surface area contributed by atoms with Crippen LogP contribution in [0.5, 0.6) is 0 Å². The van der Waals surface area contributed by atoms with Crippen molar-refractivity contribution in [1.29, 1.82) is 0 Å². The fourth-order valence-electron chi connectivity index (χ4n) is 5.09. The predicted octanol–water partition coefficient (Wildman–Crippen LogP) is 9.64. The van der Waals surface area contributed by atoms with Gasteiger partial charge in [-0.15, -0.1) is 23.5 Å². The molecule has 0 aliphatic heterocycles. The Bertz CT molecular complexity index is 1920. The van der Waals surface area contributed by atoms with Crippen LogP contribution in [0.25, 0.3) is 34.4 Å². The average molecular weight is 745 g/mol. The Labute approximate surface area is 297 Å². The van der Waals surface area contributed by atoms with Gasteiger partial charge in [0.1, 0.15) is 33.3 Å². The van der Waals surface area contributed by atoms with Gasteiger partial charge in [-0.25, -0.2) is 27.5 Å². The second-order valence-corrected chi connectivity index (χ2v) is 16.0. The molecule has 0 unspecified atom stereocenters. The second-order valence-electron chi connectivity index (χ2n) is 11.8. The van der Waals surface area contributed by atoms with Crippen molar-refractivity contribution in [1.82, 2.24) is 9.97 Å². The van der Waals surface area contributed by atoms with E-state index in [9.17, 15) is 26.0 Å². The quantitative estimate of drug-likeness (QED) is 0.109. The lowest BCUT2D eigenvalue weighted by atomic mass is 10.00. The fourth-order valence-corrected chi connectivity index (χ4v) is 8.16. The summed E-state index contributed by atoms with van der Waals surface area (Å²) in [6.07, 6.45) is 15.4. The third kappa shape index (κ3) is 10.3. The first-order valence-corrected chi connectivity index (χ1v) is 19.5. The van der Waals surface area contributed by atoms with Crippen LogP contribution in [0.3, 0.4) is 0 Å². The molecule has 2 aromatic heterocycles. The van der Waals surface area contributed by atoms with Crippen molar-refractivity contribution in [3.63, 3.8) is 0 Å². The van der Waals surface area contributed by atoms with E-state index in [-0.39, 0.29) is 24.2 Å². The molecule has 6 rings (SSSR count). The summed E-state index contributed by atoms with van der Waals surface area (Å²) >= 11 is 3.31. The minimum absolute atomic E-state index is 0.0375. The Balaban J connectivity index is 0.000000197. The minimum atomic E-state index is -4.10. The Kier molecular flexibility index (Phi) is 13.3. The van der Waals surface area contributed by atoms with Gasteiger partial charge in [0.05, 0.1) is 12.4 Å². The Morgan fingerprint density at radius 1 is 0.720 bits per heavy atom. The summed E-state index contributed by atoms with van der Waals surface area (Å²) in [4.78, 5) is 8.75. The highest BCUT2D eigenvalue weighted by molar-refractivity contribution is 8.00. The molecule has 0 atom stereocenters. The molecule has 2 saturated carbocycles. The van der Waals surface area contributed by atoms with Crippen molar-refractivity contribution >= 4 is 45.8 Å². The molecule has 4 aromatic rings. The number of aromatic nitrogens is 2. The molecule has 0 spiro atoms. The summed E-state index contributed by atoms with van der Waals surface area (Å²) in [6, 6.07) is 12.3. The van der Waals surface area contributed by atoms with Gasteiger partial charge in [0.2, 0.25) is 0 Å². The lowest BCUT2D eigenvalue weighted by Crippen LogP contribution is -2.13.